The second-order valence-electron chi connectivity index (χ2n) is 14.5. The van der Waals surface area contributed by atoms with Gasteiger partial charge in [-0.3, -0.25) is 4.79 Å². The summed E-state index contributed by atoms with van der Waals surface area (Å²) in [5, 5.41) is 4.77. The van der Waals surface area contributed by atoms with Crippen molar-refractivity contribution in [1.29, 1.82) is 0 Å². The lowest BCUT2D eigenvalue weighted by molar-refractivity contribution is -0.137. The van der Waals surface area contributed by atoms with E-state index in [9.17, 15) is 4.79 Å². The highest BCUT2D eigenvalue weighted by Gasteiger charge is 2.35. The van der Waals surface area contributed by atoms with Crippen molar-refractivity contribution in [3.05, 3.63) is 76.9 Å². The topological polar surface area (TPSA) is 103 Å². The Balaban J connectivity index is 1.46. The maximum atomic E-state index is 14.1. The van der Waals surface area contributed by atoms with E-state index in [1.54, 1.807) is 6.33 Å². The van der Waals surface area contributed by atoms with Crippen molar-refractivity contribution in [2.45, 2.75) is 80.1 Å². The number of benzene rings is 1. The summed E-state index contributed by atoms with van der Waals surface area (Å²) in [7, 11) is 0. The average Bonchev–Trinajstić information content (AvgIpc) is 3.61. The molecule has 1 atom stereocenters. The summed E-state index contributed by atoms with van der Waals surface area (Å²) >= 11 is 0. The Labute approximate surface area is 273 Å². The van der Waals surface area contributed by atoms with E-state index in [2.05, 4.69) is 104 Å². The van der Waals surface area contributed by atoms with Gasteiger partial charge in [0.15, 0.2) is 5.65 Å². The van der Waals surface area contributed by atoms with Gasteiger partial charge in [0.2, 0.25) is 5.91 Å². The number of imidazole rings is 1. The number of nitrogens with one attached hydrogen (secondary N) is 3. The number of carbonyl (C=O) groups is 1. The minimum absolute atomic E-state index is 0.153. The Morgan fingerprint density at radius 3 is 2.28 bits per heavy atom. The summed E-state index contributed by atoms with van der Waals surface area (Å²) in [6.45, 7) is 22.5. The Kier molecular flexibility index (Phi) is 9.96. The van der Waals surface area contributed by atoms with Crippen LogP contribution in [0.1, 0.15) is 82.2 Å². The molecule has 0 aliphatic heterocycles. The van der Waals surface area contributed by atoms with Gasteiger partial charge in [-0.25, -0.2) is 15.0 Å². The molecular formula is C38H51N7O. The molecule has 8 heteroatoms. The van der Waals surface area contributed by atoms with Crippen LogP contribution in [-0.2, 0) is 16.6 Å². The standard InChI is InChI=1S/C38H51N7O/c1-23(2)20-45(21-24(3)4)37(46)38(8,9)30-16-31-33(34(44-35(31)41-19-30)29-13-25(5)12-26(6)14-29)27(7)17-39-11-10-28-15-32-36(40-18-28)43-22-42-32/h12-16,18-19,22-24,27,39H,10-11,17,20-21H2,1-9H3,(H,41,44)(H,40,42,43). The predicted molar refractivity (Wildman–Crippen MR) is 189 cm³/mol. The molecule has 5 rings (SSSR count). The van der Waals surface area contributed by atoms with Gasteiger partial charge in [-0.05, 0) is 105 Å². The number of aromatic nitrogens is 5. The molecule has 8 nitrogen and oxygen atoms in total. The Hall–Kier alpha value is -4.04. The number of hydrogen-bond acceptors (Lipinski definition) is 5. The average molecular weight is 622 g/mol. The lowest BCUT2D eigenvalue weighted by Gasteiger charge is -2.34. The van der Waals surface area contributed by atoms with E-state index in [-0.39, 0.29) is 11.8 Å². The third-order valence-corrected chi connectivity index (χ3v) is 8.78. The van der Waals surface area contributed by atoms with Crippen molar-refractivity contribution in [3.63, 3.8) is 0 Å². The van der Waals surface area contributed by atoms with E-state index in [0.29, 0.717) is 11.8 Å². The highest BCUT2D eigenvalue weighted by Crippen LogP contribution is 2.38. The number of amides is 1. The van der Waals surface area contributed by atoms with E-state index < -0.39 is 5.41 Å². The maximum Gasteiger partial charge on any atom is 0.232 e. The molecule has 4 aromatic heterocycles. The maximum absolute atomic E-state index is 14.1. The largest absolute Gasteiger partial charge is 0.343 e. The van der Waals surface area contributed by atoms with Crippen molar-refractivity contribution < 1.29 is 4.79 Å². The van der Waals surface area contributed by atoms with Gasteiger partial charge in [-0.1, -0.05) is 51.8 Å². The molecule has 244 valence electrons. The van der Waals surface area contributed by atoms with Crippen LogP contribution in [0, 0.1) is 25.7 Å². The Morgan fingerprint density at radius 1 is 0.913 bits per heavy atom. The van der Waals surface area contributed by atoms with Crippen LogP contribution < -0.4 is 5.32 Å². The minimum Gasteiger partial charge on any atom is -0.343 e. The summed E-state index contributed by atoms with van der Waals surface area (Å²) in [6, 6.07) is 11.0. The zero-order valence-electron chi connectivity index (χ0n) is 29.1. The molecule has 1 aromatic carbocycles. The number of carbonyl (C=O) groups excluding carboxylic acids is 1. The molecule has 1 amide bonds. The van der Waals surface area contributed by atoms with Gasteiger partial charge in [0, 0.05) is 37.4 Å². The van der Waals surface area contributed by atoms with Gasteiger partial charge in [-0.15, -0.1) is 0 Å². The van der Waals surface area contributed by atoms with E-state index in [0.717, 1.165) is 71.6 Å². The van der Waals surface area contributed by atoms with Crippen molar-refractivity contribution in [2.75, 3.05) is 26.2 Å². The lowest BCUT2D eigenvalue weighted by Crippen LogP contribution is -2.46. The summed E-state index contributed by atoms with van der Waals surface area (Å²) < 4.78 is 0. The molecule has 0 spiro atoms. The van der Waals surface area contributed by atoms with Crippen molar-refractivity contribution in [3.8, 4) is 11.3 Å². The first kappa shape index (κ1) is 33.3. The van der Waals surface area contributed by atoms with E-state index in [1.807, 2.05) is 31.1 Å². The number of aryl methyl sites for hydroxylation is 2. The molecule has 3 N–H and O–H groups in total. The number of pyridine rings is 2. The molecule has 1 unspecified atom stereocenters. The fourth-order valence-corrected chi connectivity index (χ4v) is 6.59. The van der Waals surface area contributed by atoms with Gasteiger partial charge < -0.3 is 20.2 Å². The van der Waals surface area contributed by atoms with Crippen molar-refractivity contribution in [2.24, 2.45) is 11.8 Å². The summed E-state index contributed by atoms with van der Waals surface area (Å²) in [5.41, 5.74) is 9.89. The normalized spacial score (nSPS) is 12.9. The van der Waals surface area contributed by atoms with E-state index >= 15 is 0 Å². The first-order chi connectivity index (χ1) is 21.8. The molecule has 0 radical (unpaired) electrons. The van der Waals surface area contributed by atoms with Gasteiger partial charge in [-0.2, -0.15) is 0 Å². The van der Waals surface area contributed by atoms with Crippen LogP contribution in [0.2, 0.25) is 0 Å². The number of H-pyrrole nitrogens is 2. The molecule has 0 bridgehead atoms. The molecule has 4 heterocycles. The van der Waals surface area contributed by atoms with Crippen LogP contribution in [0.25, 0.3) is 33.5 Å². The van der Waals surface area contributed by atoms with Crippen LogP contribution in [0.4, 0.5) is 0 Å². The van der Waals surface area contributed by atoms with Gasteiger partial charge in [0.05, 0.1) is 23.0 Å². The molecule has 0 saturated heterocycles. The van der Waals surface area contributed by atoms with Crippen LogP contribution in [0.3, 0.4) is 0 Å². The first-order valence-corrected chi connectivity index (χ1v) is 16.7. The molecule has 0 saturated carbocycles. The number of aromatic amines is 2. The highest BCUT2D eigenvalue weighted by atomic mass is 16.2. The fourth-order valence-electron chi connectivity index (χ4n) is 6.59. The number of hydrogen-bond donors (Lipinski definition) is 3. The van der Waals surface area contributed by atoms with Crippen LogP contribution in [-0.4, -0.2) is 61.9 Å². The molecule has 0 aliphatic rings. The fraction of sp³-hybridized carbons (Fsp3) is 0.474. The minimum atomic E-state index is -0.717. The van der Waals surface area contributed by atoms with Crippen molar-refractivity contribution >= 4 is 28.1 Å². The van der Waals surface area contributed by atoms with E-state index in [1.165, 1.54) is 22.3 Å². The Morgan fingerprint density at radius 2 is 1.61 bits per heavy atom. The third kappa shape index (κ3) is 7.33. The zero-order chi connectivity index (χ0) is 33.2. The number of fused-ring (bicyclic) bond motifs is 2. The second kappa shape index (κ2) is 13.8. The summed E-state index contributed by atoms with van der Waals surface area (Å²) in [5.74, 6) is 1.13. The van der Waals surface area contributed by atoms with Crippen LogP contribution >= 0.6 is 0 Å². The van der Waals surface area contributed by atoms with Gasteiger partial charge >= 0.3 is 0 Å². The lowest BCUT2D eigenvalue weighted by atomic mass is 9.82. The first-order valence-electron chi connectivity index (χ1n) is 16.7. The van der Waals surface area contributed by atoms with E-state index in [4.69, 9.17) is 4.98 Å². The van der Waals surface area contributed by atoms with Gasteiger partial charge in [0.1, 0.15) is 5.65 Å². The molecule has 46 heavy (non-hydrogen) atoms. The molecule has 0 fully saturated rings. The van der Waals surface area contributed by atoms with Crippen LogP contribution in [0.15, 0.2) is 49.1 Å². The number of rotatable bonds is 13. The SMILES string of the molecule is Cc1cc(C)cc(-c2[nH]c3ncc(C(C)(C)C(=O)N(CC(C)C)CC(C)C)cc3c2C(C)CNCCc2cnc3nc[nH]c3c2)c1. The Bertz CT molecular complexity index is 1780. The molecular weight excluding hydrogens is 570 g/mol. The third-order valence-electron chi connectivity index (χ3n) is 8.78. The summed E-state index contributed by atoms with van der Waals surface area (Å²) in [4.78, 5) is 36.6. The number of nitrogens with zero attached hydrogens (tertiary/aromatic N) is 4. The smallest absolute Gasteiger partial charge is 0.232 e. The van der Waals surface area contributed by atoms with Crippen LogP contribution in [0.5, 0.6) is 0 Å². The highest BCUT2D eigenvalue weighted by molar-refractivity contribution is 5.92. The van der Waals surface area contributed by atoms with Gasteiger partial charge in [0.25, 0.3) is 0 Å². The van der Waals surface area contributed by atoms with Crippen molar-refractivity contribution in [1.82, 2.24) is 35.1 Å². The quantitative estimate of drug-likeness (QED) is 0.118. The summed E-state index contributed by atoms with van der Waals surface area (Å²) in [6.07, 6.45) is 6.35. The molecule has 0 aliphatic carbocycles. The zero-order valence-corrected chi connectivity index (χ0v) is 29.1. The second-order valence-corrected chi connectivity index (χ2v) is 14.5. The monoisotopic (exact) mass is 621 g/mol. The predicted octanol–water partition coefficient (Wildman–Crippen LogP) is 7.47. The molecule has 5 aromatic rings.